The van der Waals surface area contributed by atoms with E-state index in [1.54, 1.807) is 23.9 Å². The van der Waals surface area contributed by atoms with Crippen molar-refractivity contribution in [3.8, 4) is 0 Å². The van der Waals surface area contributed by atoms with Crippen LogP contribution >= 0.6 is 0 Å². The molecule has 0 aromatic rings. The highest BCUT2D eigenvalue weighted by molar-refractivity contribution is 5.76. The first-order valence-corrected chi connectivity index (χ1v) is 6.26. The molecule has 0 aromatic carbocycles. The van der Waals surface area contributed by atoms with Crippen LogP contribution in [0.4, 0.5) is 0 Å². The van der Waals surface area contributed by atoms with Crippen LogP contribution in [0.2, 0.25) is 0 Å². The van der Waals surface area contributed by atoms with Gasteiger partial charge in [-0.3, -0.25) is 9.59 Å². The molecule has 0 spiro atoms. The van der Waals surface area contributed by atoms with Gasteiger partial charge in [0.15, 0.2) is 0 Å². The van der Waals surface area contributed by atoms with Crippen LogP contribution in [-0.2, 0) is 14.4 Å². The molecule has 2 amide bonds. The van der Waals surface area contributed by atoms with Crippen molar-refractivity contribution in [2.45, 2.75) is 59.5 Å². The first-order chi connectivity index (χ1) is 8.37. The molecule has 0 N–H and O–H groups in total. The molecule has 0 saturated heterocycles. The third-order valence-corrected chi connectivity index (χ3v) is 4.12. The fourth-order valence-electron chi connectivity index (χ4n) is 1.61. The van der Waals surface area contributed by atoms with Crippen LogP contribution in [0.25, 0.3) is 0 Å². The number of rotatable bonds is 3. The number of aldehydes is 1. The summed E-state index contributed by atoms with van der Waals surface area (Å²) >= 11 is 0. The largest absolute Gasteiger partial charge is 0.339 e. The second-order valence-electron chi connectivity index (χ2n) is 5.51. The molecule has 5 heteroatoms. The molecule has 0 radical (unpaired) electrons. The van der Waals surface area contributed by atoms with E-state index in [0.29, 0.717) is 0 Å². The monoisotopic (exact) mass is 272 g/mol. The van der Waals surface area contributed by atoms with E-state index in [1.165, 1.54) is 20.8 Å². The van der Waals surface area contributed by atoms with Gasteiger partial charge in [-0.25, -0.2) is 0 Å². The van der Waals surface area contributed by atoms with Crippen LogP contribution in [0, 0.1) is 0 Å². The van der Waals surface area contributed by atoms with E-state index in [1.807, 2.05) is 27.7 Å². The Labute approximate surface area is 116 Å². The van der Waals surface area contributed by atoms with E-state index in [2.05, 4.69) is 0 Å². The highest BCUT2D eigenvalue weighted by Gasteiger charge is 2.45. The Morgan fingerprint density at radius 1 is 0.842 bits per heavy atom. The third kappa shape index (κ3) is 4.65. The van der Waals surface area contributed by atoms with Crippen molar-refractivity contribution >= 4 is 18.1 Å². The lowest BCUT2D eigenvalue weighted by Gasteiger charge is -2.51. The summed E-state index contributed by atoms with van der Waals surface area (Å²) in [5.74, 6) is -0.00921. The van der Waals surface area contributed by atoms with Crippen molar-refractivity contribution < 1.29 is 14.4 Å². The topological polar surface area (TPSA) is 57.7 Å². The number of carbonyl (C=O) groups is 3. The Morgan fingerprint density at radius 3 is 1.11 bits per heavy atom. The predicted octanol–water partition coefficient (Wildman–Crippen LogP) is 1.71. The van der Waals surface area contributed by atoms with E-state index < -0.39 is 11.1 Å². The molecule has 19 heavy (non-hydrogen) atoms. The Morgan fingerprint density at radius 2 is 1.00 bits per heavy atom. The van der Waals surface area contributed by atoms with E-state index in [9.17, 15) is 9.59 Å². The number of carbonyl (C=O) groups excluding carboxylic acids is 3. The Balaban J connectivity index is 0. The van der Waals surface area contributed by atoms with Gasteiger partial charge in [0.2, 0.25) is 11.8 Å². The normalized spacial score (nSPS) is 11.0. The number of likely N-dealkylation sites (N-methyl/N-ethyl adjacent to an activating group) is 2. The van der Waals surface area contributed by atoms with Crippen LogP contribution < -0.4 is 0 Å². The smallest absolute Gasteiger partial charge is 0.219 e. The van der Waals surface area contributed by atoms with E-state index in [4.69, 9.17) is 4.79 Å². The van der Waals surface area contributed by atoms with Gasteiger partial charge >= 0.3 is 0 Å². The first-order valence-electron chi connectivity index (χ1n) is 6.26. The van der Waals surface area contributed by atoms with Gasteiger partial charge in [0.05, 0.1) is 11.1 Å². The summed E-state index contributed by atoms with van der Waals surface area (Å²) in [4.78, 5) is 35.1. The number of hydrogen-bond donors (Lipinski definition) is 0. The maximum absolute atomic E-state index is 11.5. The minimum absolute atomic E-state index is 0.00460. The highest BCUT2D eigenvalue weighted by Crippen LogP contribution is 2.31. The lowest BCUT2D eigenvalue weighted by atomic mass is 9.79. The average molecular weight is 272 g/mol. The molecule has 0 aliphatic carbocycles. The average Bonchev–Trinajstić information content (AvgIpc) is 2.27. The zero-order chi connectivity index (χ0) is 16.0. The SMILES string of the molecule is CC(=O)N(C)C(C)(C)C(C)(C)N(C)C(C)=O.CC=O. The zero-order valence-electron chi connectivity index (χ0n) is 13.7. The molecule has 0 aromatic heterocycles. The van der Waals surface area contributed by atoms with Crippen LogP contribution in [-0.4, -0.2) is 53.1 Å². The van der Waals surface area contributed by atoms with Crippen molar-refractivity contribution in [1.29, 1.82) is 0 Å². The molecule has 0 rings (SSSR count). The van der Waals surface area contributed by atoms with E-state index in [-0.39, 0.29) is 11.8 Å². The minimum atomic E-state index is -0.431. The molecule has 0 bridgehead atoms. The van der Waals surface area contributed by atoms with Gasteiger partial charge in [0, 0.05) is 27.9 Å². The Kier molecular flexibility index (Phi) is 7.62. The van der Waals surface area contributed by atoms with Gasteiger partial charge in [-0.1, -0.05) is 0 Å². The first kappa shape index (κ1) is 19.9. The number of hydrogen-bond acceptors (Lipinski definition) is 3. The maximum Gasteiger partial charge on any atom is 0.219 e. The van der Waals surface area contributed by atoms with Crippen molar-refractivity contribution in [2.75, 3.05) is 14.1 Å². The van der Waals surface area contributed by atoms with Crippen LogP contribution in [0.3, 0.4) is 0 Å². The summed E-state index contributed by atoms with van der Waals surface area (Å²) in [6.07, 6.45) is 0.750. The molecule has 0 heterocycles. The molecule has 5 nitrogen and oxygen atoms in total. The van der Waals surface area contributed by atoms with Gasteiger partial charge in [-0.15, -0.1) is 0 Å². The molecular weight excluding hydrogens is 244 g/mol. The van der Waals surface area contributed by atoms with Crippen molar-refractivity contribution in [3.63, 3.8) is 0 Å². The lowest BCUT2D eigenvalue weighted by Crippen LogP contribution is -2.65. The van der Waals surface area contributed by atoms with Crippen LogP contribution in [0.15, 0.2) is 0 Å². The fourth-order valence-corrected chi connectivity index (χ4v) is 1.61. The van der Waals surface area contributed by atoms with Crippen molar-refractivity contribution in [3.05, 3.63) is 0 Å². The molecule has 0 atom stereocenters. The fraction of sp³-hybridized carbons (Fsp3) is 0.786. The van der Waals surface area contributed by atoms with E-state index in [0.717, 1.165) is 6.29 Å². The second kappa shape index (κ2) is 7.26. The Bertz CT molecular complexity index is 306. The molecule has 0 unspecified atom stereocenters. The maximum atomic E-state index is 11.5. The summed E-state index contributed by atoms with van der Waals surface area (Å²) in [6.45, 7) is 12.4. The Hall–Kier alpha value is -1.39. The standard InChI is InChI=1S/C12H24N2O2.C2H4O/c1-9(15)13(7)11(3,4)12(5,6)14(8)10(2)16;1-2-3/h1-8H3;2H,1H3. The quantitative estimate of drug-likeness (QED) is 0.735. The molecule has 0 aliphatic heterocycles. The summed E-state index contributed by atoms with van der Waals surface area (Å²) in [7, 11) is 3.52. The van der Waals surface area contributed by atoms with Crippen molar-refractivity contribution in [1.82, 2.24) is 9.80 Å². The van der Waals surface area contributed by atoms with Gasteiger partial charge in [-0.05, 0) is 34.6 Å². The zero-order valence-corrected chi connectivity index (χ0v) is 13.7. The van der Waals surface area contributed by atoms with Crippen LogP contribution in [0.5, 0.6) is 0 Å². The summed E-state index contributed by atoms with van der Waals surface area (Å²) in [5.41, 5.74) is -0.863. The molecule has 112 valence electrons. The van der Waals surface area contributed by atoms with Crippen molar-refractivity contribution in [2.24, 2.45) is 0 Å². The predicted molar refractivity (Wildman–Crippen MR) is 76.8 cm³/mol. The third-order valence-electron chi connectivity index (χ3n) is 4.12. The molecule has 0 fully saturated rings. The molecular formula is C14H28N2O3. The minimum Gasteiger partial charge on any atom is -0.339 e. The highest BCUT2D eigenvalue weighted by atomic mass is 16.2. The summed E-state index contributed by atoms with van der Waals surface area (Å²) < 4.78 is 0. The lowest BCUT2D eigenvalue weighted by molar-refractivity contribution is -0.146. The number of nitrogens with zero attached hydrogens (tertiary/aromatic N) is 2. The second-order valence-corrected chi connectivity index (χ2v) is 5.51. The van der Waals surface area contributed by atoms with Gasteiger partial charge in [-0.2, -0.15) is 0 Å². The van der Waals surface area contributed by atoms with Gasteiger partial charge < -0.3 is 14.6 Å². The molecule has 0 aliphatic rings. The van der Waals surface area contributed by atoms with Gasteiger partial charge in [0.1, 0.15) is 6.29 Å². The van der Waals surface area contributed by atoms with Gasteiger partial charge in [0.25, 0.3) is 0 Å². The van der Waals surface area contributed by atoms with Crippen LogP contribution in [0.1, 0.15) is 48.5 Å². The summed E-state index contributed by atoms with van der Waals surface area (Å²) in [5, 5.41) is 0. The van der Waals surface area contributed by atoms with E-state index >= 15 is 0 Å². The molecule has 0 saturated carbocycles. The number of amides is 2. The summed E-state index contributed by atoms with van der Waals surface area (Å²) in [6, 6.07) is 0.